The summed E-state index contributed by atoms with van der Waals surface area (Å²) in [4.78, 5) is 25.9. The molecule has 0 atom stereocenters. The molecule has 1 saturated heterocycles. The molecule has 1 aliphatic carbocycles. The van der Waals surface area contributed by atoms with Crippen LogP contribution >= 0.6 is 0 Å². The van der Waals surface area contributed by atoms with Crippen LogP contribution in [-0.4, -0.2) is 43.7 Å². The van der Waals surface area contributed by atoms with Crippen molar-refractivity contribution in [2.45, 2.75) is 55.9 Å². The van der Waals surface area contributed by atoms with Crippen molar-refractivity contribution in [3.05, 3.63) is 59.7 Å². The van der Waals surface area contributed by atoms with E-state index in [0.29, 0.717) is 24.3 Å². The van der Waals surface area contributed by atoms with Crippen molar-refractivity contribution in [2.75, 3.05) is 18.4 Å². The molecule has 170 valence electrons. The van der Waals surface area contributed by atoms with E-state index in [1.54, 1.807) is 36.4 Å². The van der Waals surface area contributed by atoms with Crippen LogP contribution in [0.3, 0.4) is 0 Å². The Morgan fingerprint density at radius 1 is 0.844 bits per heavy atom. The van der Waals surface area contributed by atoms with Gasteiger partial charge in [0.05, 0.1) is 16.1 Å². The van der Waals surface area contributed by atoms with E-state index in [1.165, 1.54) is 22.9 Å². The first kappa shape index (κ1) is 22.5. The third-order valence-electron chi connectivity index (χ3n) is 6.16. The zero-order valence-electron chi connectivity index (χ0n) is 18.0. The van der Waals surface area contributed by atoms with E-state index in [2.05, 4.69) is 10.6 Å². The molecule has 2 amide bonds. The summed E-state index contributed by atoms with van der Waals surface area (Å²) in [5.74, 6) is -0.667. The molecule has 0 aromatic heterocycles. The molecule has 2 N–H and O–H groups in total. The number of benzene rings is 2. The quantitative estimate of drug-likeness (QED) is 0.693. The molecule has 1 heterocycles. The average Bonchev–Trinajstić information content (AvgIpc) is 3.36. The predicted molar refractivity (Wildman–Crippen MR) is 123 cm³/mol. The fraction of sp³-hybridized carbons (Fsp3) is 0.417. The Balaban J connectivity index is 1.50. The largest absolute Gasteiger partial charge is 0.349 e. The van der Waals surface area contributed by atoms with Crippen molar-refractivity contribution in [1.29, 1.82) is 0 Å². The number of carbonyl (C=O) groups excluding carboxylic acids is 2. The normalized spacial score (nSPS) is 17.8. The minimum Gasteiger partial charge on any atom is -0.349 e. The number of rotatable bonds is 6. The first-order chi connectivity index (χ1) is 15.4. The van der Waals surface area contributed by atoms with Gasteiger partial charge in [-0.05, 0) is 56.0 Å². The maximum Gasteiger partial charge on any atom is 0.255 e. The second-order valence-electron chi connectivity index (χ2n) is 8.45. The molecule has 0 radical (unpaired) electrons. The minimum absolute atomic E-state index is 0.107. The average molecular weight is 456 g/mol. The fourth-order valence-corrected chi connectivity index (χ4v) is 5.93. The number of para-hydroxylation sites is 1. The monoisotopic (exact) mass is 455 g/mol. The number of anilines is 1. The van der Waals surface area contributed by atoms with Gasteiger partial charge in [0.1, 0.15) is 0 Å². The second kappa shape index (κ2) is 9.83. The molecule has 1 aliphatic heterocycles. The first-order valence-electron chi connectivity index (χ1n) is 11.3. The van der Waals surface area contributed by atoms with E-state index < -0.39 is 15.9 Å². The van der Waals surface area contributed by atoms with Crippen molar-refractivity contribution in [3.8, 4) is 0 Å². The number of amides is 2. The summed E-state index contributed by atoms with van der Waals surface area (Å²) in [6.45, 7) is 1.00. The molecule has 2 aliphatic rings. The van der Waals surface area contributed by atoms with Crippen LogP contribution in [0.5, 0.6) is 0 Å². The zero-order chi connectivity index (χ0) is 22.6. The van der Waals surface area contributed by atoms with Crippen LogP contribution in [0.15, 0.2) is 53.4 Å². The Morgan fingerprint density at radius 2 is 1.56 bits per heavy atom. The van der Waals surface area contributed by atoms with Gasteiger partial charge in [-0.2, -0.15) is 4.31 Å². The fourth-order valence-electron chi connectivity index (χ4n) is 4.37. The highest BCUT2D eigenvalue weighted by atomic mass is 32.2. The zero-order valence-corrected chi connectivity index (χ0v) is 18.9. The van der Waals surface area contributed by atoms with E-state index >= 15 is 0 Å². The molecule has 0 bridgehead atoms. The summed E-state index contributed by atoms with van der Waals surface area (Å²) in [6, 6.07) is 13.1. The molecule has 8 heteroatoms. The van der Waals surface area contributed by atoms with Gasteiger partial charge in [0, 0.05) is 24.7 Å². The Kier molecular flexibility index (Phi) is 6.91. The third-order valence-corrected chi connectivity index (χ3v) is 8.05. The predicted octanol–water partition coefficient (Wildman–Crippen LogP) is 3.79. The Hall–Kier alpha value is -2.71. The Bertz CT molecular complexity index is 1090. The molecule has 4 rings (SSSR count). The molecule has 2 aromatic rings. The van der Waals surface area contributed by atoms with Crippen molar-refractivity contribution < 1.29 is 18.0 Å². The Morgan fingerprint density at radius 3 is 2.31 bits per heavy atom. The van der Waals surface area contributed by atoms with Crippen LogP contribution in [-0.2, 0) is 10.0 Å². The van der Waals surface area contributed by atoms with Gasteiger partial charge in [0.2, 0.25) is 10.0 Å². The summed E-state index contributed by atoms with van der Waals surface area (Å²) in [5.41, 5.74) is 1.03. The van der Waals surface area contributed by atoms with Crippen LogP contribution in [0.25, 0.3) is 0 Å². The molecule has 0 unspecified atom stereocenters. The van der Waals surface area contributed by atoms with Gasteiger partial charge in [-0.25, -0.2) is 8.42 Å². The van der Waals surface area contributed by atoms with Crippen LogP contribution < -0.4 is 10.6 Å². The van der Waals surface area contributed by atoms with Gasteiger partial charge in [-0.1, -0.05) is 37.5 Å². The maximum atomic E-state index is 12.9. The van der Waals surface area contributed by atoms with Crippen LogP contribution in [0.1, 0.15) is 65.7 Å². The van der Waals surface area contributed by atoms with E-state index in [9.17, 15) is 18.0 Å². The first-order valence-corrected chi connectivity index (χ1v) is 12.7. The highest BCUT2D eigenvalue weighted by molar-refractivity contribution is 7.89. The number of nitrogens with one attached hydrogen (secondary N) is 2. The van der Waals surface area contributed by atoms with Crippen molar-refractivity contribution in [3.63, 3.8) is 0 Å². The van der Waals surface area contributed by atoms with Gasteiger partial charge in [-0.15, -0.1) is 0 Å². The van der Waals surface area contributed by atoms with Crippen molar-refractivity contribution >= 4 is 27.5 Å². The molecule has 7 nitrogen and oxygen atoms in total. The highest BCUT2D eigenvalue weighted by Gasteiger charge is 2.28. The minimum atomic E-state index is -3.62. The maximum absolute atomic E-state index is 12.9. The van der Waals surface area contributed by atoms with Gasteiger partial charge in [0.25, 0.3) is 11.8 Å². The van der Waals surface area contributed by atoms with E-state index in [1.807, 2.05) is 0 Å². The number of hydrogen-bond acceptors (Lipinski definition) is 4. The second-order valence-corrected chi connectivity index (χ2v) is 10.4. The molecule has 32 heavy (non-hydrogen) atoms. The molecule has 2 aromatic carbocycles. The number of sulfonamides is 1. The number of hydrogen-bond donors (Lipinski definition) is 2. The summed E-state index contributed by atoms with van der Waals surface area (Å²) in [5, 5.41) is 5.86. The van der Waals surface area contributed by atoms with Crippen molar-refractivity contribution in [1.82, 2.24) is 9.62 Å². The summed E-state index contributed by atoms with van der Waals surface area (Å²) in [7, 11) is -3.62. The number of carbonyl (C=O) groups is 2. The van der Waals surface area contributed by atoms with Gasteiger partial charge in [0.15, 0.2) is 0 Å². The van der Waals surface area contributed by atoms with E-state index in [-0.39, 0.29) is 22.4 Å². The lowest BCUT2D eigenvalue weighted by Gasteiger charge is -2.23. The van der Waals surface area contributed by atoms with Crippen LogP contribution in [0.2, 0.25) is 0 Å². The van der Waals surface area contributed by atoms with Gasteiger partial charge < -0.3 is 10.6 Å². The molecule has 0 spiro atoms. The third kappa shape index (κ3) is 5.02. The van der Waals surface area contributed by atoms with E-state index in [4.69, 9.17) is 0 Å². The lowest BCUT2D eigenvalue weighted by atomic mass is 9.95. The SMILES string of the molecule is O=C(Nc1ccccc1C(=O)NC1CCCCC1)c1cccc(S(=O)(=O)N2CCCC2)c1. The van der Waals surface area contributed by atoms with E-state index in [0.717, 1.165) is 38.5 Å². The molecule has 2 fully saturated rings. The summed E-state index contributed by atoms with van der Waals surface area (Å²) in [6.07, 6.45) is 7.06. The van der Waals surface area contributed by atoms with Gasteiger partial charge in [-0.3, -0.25) is 9.59 Å². The molecule has 1 saturated carbocycles. The topological polar surface area (TPSA) is 95.6 Å². The highest BCUT2D eigenvalue weighted by Crippen LogP contribution is 2.23. The Labute approximate surface area is 189 Å². The van der Waals surface area contributed by atoms with Crippen LogP contribution in [0.4, 0.5) is 5.69 Å². The molecular weight excluding hydrogens is 426 g/mol. The summed E-state index contributed by atoms with van der Waals surface area (Å²) < 4.78 is 27.1. The lowest BCUT2D eigenvalue weighted by Crippen LogP contribution is -2.36. The smallest absolute Gasteiger partial charge is 0.255 e. The van der Waals surface area contributed by atoms with Crippen molar-refractivity contribution in [2.24, 2.45) is 0 Å². The van der Waals surface area contributed by atoms with Crippen LogP contribution in [0, 0.1) is 0 Å². The standard InChI is InChI=1S/C24H29N3O4S/c28-23(18-9-8-12-20(17-18)32(30,31)27-15-6-7-16-27)26-22-14-5-4-13-21(22)24(29)25-19-10-2-1-3-11-19/h4-5,8-9,12-14,17,19H,1-3,6-7,10-11,15-16H2,(H,25,29)(H,26,28). The molecular formula is C24H29N3O4S. The van der Waals surface area contributed by atoms with Gasteiger partial charge >= 0.3 is 0 Å². The number of nitrogens with zero attached hydrogens (tertiary/aromatic N) is 1. The lowest BCUT2D eigenvalue weighted by molar-refractivity contribution is 0.0928. The summed E-state index contributed by atoms with van der Waals surface area (Å²) >= 11 is 0.